The van der Waals surface area contributed by atoms with Gasteiger partial charge in [-0.05, 0) is 25.7 Å². The first kappa shape index (κ1) is 12.5. The maximum atomic E-state index is 11.7. The fourth-order valence-corrected chi connectivity index (χ4v) is 3.77. The summed E-state index contributed by atoms with van der Waals surface area (Å²) in [5, 5.41) is 0.824. The molecule has 84 valence electrons. The Balaban J connectivity index is 2.26. The van der Waals surface area contributed by atoms with Crippen LogP contribution in [0.4, 0.5) is 0 Å². The predicted molar refractivity (Wildman–Crippen MR) is 62.2 cm³/mol. The van der Waals surface area contributed by atoms with Crippen LogP contribution in [0.25, 0.3) is 0 Å². The molecule has 0 aromatic heterocycles. The van der Waals surface area contributed by atoms with Gasteiger partial charge in [0.25, 0.3) is 0 Å². The predicted octanol–water partition coefficient (Wildman–Crippen LogP) is 2.02. The van der Waals surface area contributed by atoms with Crippen LogP contribution < -0.4 is 4.72 Å². The molecule has 1 saturated carbocycles. The van der Waals surface area contributed by atoms with E-state index < -0.39 is 10.0 Å². The van der Waals surface area contributed by atoms with Crippen molar-refractivity contribution in [3.8, 4) is 0 Å². The number of unbranched alkanes of at least 4 members (excludes halogenated alkanes) is 1. The van der Waals surface area contributed by atoms with E-state index in [1.807, 2.05) is 0 Å². The second kappa shape index (κ2) is 6.08. The zero-order valence-corrected chi connectivity index (χ0v) is 10.7. The van der Waals surface area contributed by atoms with Crippen molar-refractivity contribution >= 4 is 26.0 Å². The van der Waals surface area contributed by atoms with E-state index in [-0.39, 0.29) is 5.25 Å². The van der Waals surface area contributed by atoms with Crippen LogP contribution in [-0.2, 0) is 10.0 Å². The summed E-state index contributed by atoms with van der Waals surface area (Å²) in [4.78, 5) is 0. The van der Waals surface area contributed by atoms with Crippen LogP contribution in [0, 0.1) is 0 Å². The van der Waals surface area contributed by atoms with E-state index in [0.29, 0.717) is 6.54 Å². The summed E-state index contributed by atoms with van der Waals surface area (Å²) in [7, 11) is -3.01. The second-order valence-electron chi connectivity index (χ2n) is 3.74. The standard InChI is InChI=1S/C9H18BrNO2S/c10-7-3-4-8-11-14(12,13)9-5-1-2-6-9/h9,11H,1-8H2. The molecular formula is C9H18BrNO2S. The third-order valence-electron chi connectivity index (χ3n) is 2.60. The van der Waals surface area contributed by atoms with Gasteiger partial charge in [0.15, 0.2) is 0 Å². The van der Waals surface area contributed by atoms with Crippen molar-refractivity contribution in [1.29, 1.82) is 0 Å². The van der Waals surface area contributed by atoms with Crippen molar-refractivity contribution in [1.82, 2.24) is 4.72 Å². The molecule has 1 fully saturated rings. The minimum atomic E-state index is -3.01. The molecule has 0 aromatic carbocycles. The largest absolute Gasteiger partial charge is 0.215 e. The van der Waals surface area contributed by atoms with Gasteiger partial charge in [-0.15, -0.1) is 0 Å². The van der Waals surface area contributed by atoms with Crippen LogP contribution in [0.1, 0.15) is 38.5 Å². The molecule has 0 aromatic rings. The van der Waals surface area contributed by atoms with Gasteiger partial charge in [-0.25, -0.2) is 13.1 Å². The van der Waals surface area contributed by atoms with Gasteiger partial charge in [0.1, 0.15) is 0 Å². The molecule has 0 heterocycles. The van der Waals surface area contributed by atoms with Gasteiger partial charge in [0.2, 0.25) is 10.0 Å². The van der Waals surface area contributed by atoms with Gasteiger partial charge < -0.3 is 0 Å². The molecule has 0 spiro atoms. The van der Waals surface area contributed by atoms with E-state index >= 15 is 0 Å². The monoisotopic (exact) mass is 283 g/mol. The molecule has 14 heavy (non-hydrogen) atoms. The van der Waals surface area contributed by atoms with Crippen molar-refractivity contribution in [3.63, 3.8) is 0 Å². The molecule has 0 aliphatic heterocycles. The Labute approximate surface area is 94.8 Å². The van der Waals surface area contributed by atoms with Gasteiger partial charge in [-0.1, -0.05) is 28.8 Å². The molecule has 0 atom stereocenters. The van der Waals surface area contributed by atoms with E-state index in [1.54, 1.807) is 0 Å². The highest BCUT2D eigenvalue weighted by molar-refractivity contribution is 9.09. The Morgan fingerprint density at radius 1 is 1.21 bits per heavy atom. The first-order chi connectivity index (χ1) is 6.67. The van der Waals surface area contributed by atoms with Crippen LogP contribution in [-0.4, -0.2) is 25.5 Å². The van der Waals surface area contributed by atoms with Gasteiger partial charge >= 0.3 is 0 Å². The normalized spacial score (nSPS) is 18.9. The summed E-state index contributed by atoms with van der Waals surface area (Å²) in [6.45, 7) is 0.588. The average molecular weight is 284 g/mol. The second-order valence-corrected chi connectivity index (χ2v) is 6.58. The molecular weight excluding hydrogens is 266 g/mol. The maximum absolute atomic E-state index is 11.7. The number of halogens is 1. The average Bonchev–Trinajstić information content (AvgIpc) is 2.65. The van der Waals surface area contributed by atoms with Crippen molar-refractivity contribution in [3.05, 3.63) is 0 Å². The maximum Gasteiger partial charge on any atom is 0.214 e. The summed E-state index contributed by atoms with van der Waals surface area (Å²) in [6.07, 6.45) is 5.74. The van der Waals surface area contributed by atoms with Gasteiger partial charge in [-0.2, -0.15) is 0 Å². The molecule has 3 nitrogen and oxygen atoms in total. The van der Waals surface area contributed by atoms with Crippen LogP contribution in [0.5, 0.6) is 0 Å². The fourth-order valence-electron chi connectivity index (χ4n) is 1.75. The van der Waals surface area contributed by atoms with Crippen molar-refractivity contribution in [2.24, 2.45) is 0 Å². The SMILES string of the molecule is O=S(=O)(NCCCCBr)C1CCCC1. The highest BCUT2D eigenvalue weighted by atomic mass is 79.9. The molecule has 1 rings (SSSR count). The molecule has 1 N–H and O–H groups in total. The van der Waals surface area contributed by atoms with Crippen molar-refractivity contribution in [2.75, 3.05) is 11.9 Å². The smallest absolute Gasteiger partial charge is 0.214 e. The zero-order valence-electron chi connectivity index (χ0n) is 8.34. The van der Waals surface area contributed by atoms with Crippen LogP contribution in [0.2, 0.25) is 0 Å². The van der Waals surface area contributed by atoms with E-state index in [9.17, 15) is 8.42 Å². The van der Waals surface area contributed by atoms with E-state index in [0.717, 1.165) is 43.9 Å². The summed E-state index contributed by atoms with van der Waals surface area (Å²) >= 11 is 3.32. The van der Waals surface area contributed by atoms with E-state index in [4.69, 9.17) is 0 Å². The molecule has 0 radical (unpaired) electrons. The van der Waals surface area contributed by atoms with Gasteiger partial charge in [0, 0.05) is 11.9 Å². The van der Waals surface area contributed by atoms with E-state index in [1.165, 1.54) is 0 Å². The van der Waals surface area contributed by atoms with Crippen molar-refractivity contribution in [2.45, 2.75) is 43.8 Å². The number of rotatable bonds is 6. The lowest BCUT2D eigenvalue weighted by atomic mass is 10.3. The highest BCUT2D eigenvalue weighted by Crippen LogP contribution is 2.23. The third kappa shape index (κ3) is 3.87. The molecule has 5 heteroatoms. The number of sulfonamides is 1. The Kier molecular flexibility index (Phi) is 5.41. The first-order valence-corrected chi connectivity index (χ1v) is 7.88. The van der Waals surface area contributed by atoms with Crippen LogP contribution in [0.3, 0.4) is 0 Å². The van der Waals surface area contributed by atoms with Gasteiger partial charge in [0.05, 0.1) is 5.25 Å². The van der Waals surface area contributed by atoms with Gasteiger partial charge in [-0.3, -0.25) is 0 Å². The number of hydrogen-bond donors (Lipinski definition) is 1. The first-order valence-electron chi connectivity index (χ1n) is 5.21. The third-order valence-corrected chi connectivity index (χ3v) is 5.12. The minimum Gasteiger partial charge on any atom is -0.215 e. The molecule has 0 saturated heterocycles. The molecule has 1 aliphatic rings. The Morgan fingerprint density at radius 3 is 2.43 bits per heavy atom. The Morgan fingerprint density at radius 2 is 1.86 bits per heavy atom. The quantitative estimate of drug-likeness (QED) is 0.599. The van der Waals surface area contributed by atoms with E-state index in [2.05, 4.69) is 20.7 Å². The van der Waals surface area contributed by atoms with Crippen molar-refractivity contribution < 1.29 is 8.42 Å². The minimum absolute atomic E-state index is 0.119. The lowest BCUT2D eigenvalue weighted by Gasteiger charge is -2.11. The fraction of sp³-hybridized carbons (Fsp3) is 1.00. The van der Waals surface area contributed by atoms with Crippen LogP contribution in [0.15, 0.2) is 0 Å². The Bertz CT molecular complexity index is 248. The lowest BCUT2D eigenvalue weighted by molar-refractivity contribution is 0.562. The number of nitrogens with one attached hydrogen (secondary N) is 1. The molecule has 0 unspecified atom stereocenters. The molecule has 0 amide bonds. The summed E-state index contributed by atoms with van der Waals surface area (Å²) in [6, 6.07) is 0. The summed E-state index contributed by atoms with van der Waals surface area (Å²) in [5.41, 5.74) is 0. The molecule has 1 aliphatic carbocycles. The summed E-state index contributed by atoms with van der Waals surface area (Å²) in [5.74, 6) is 0. The summed E-state index contributed by atoms with van der Waals surface area (Å²) < 4.78 is 26.0. The Hall–Kier alpha value is 0.390. The van der Waals surface area contributed by atoms with Crippen LogP contribution >= 0.6 is 15.9 Å². The number of alkyl halides is 1. The highest BCUT2D eigenvalue weighted by Gasteiger charge is 2.27. The number of hydrogen-bond acceptors (Lipinski definition) is 2. The molecule has 0 bridgehead atoms. The topological polar surface area (TPSA) is 46.2 Å². The zero-order chi connectivity index (χ0) is 10.4. The lowest BCUT2D eigenvalue weighted by Crippen LogP contribution is -2.33.